The summed E-state index contributed by atoms with van der Waals surface area (Å²) in [4.78, 5) is 12.5. The van der Waals surface area contributed by atoms with Crippen molar-refractivity contribution >= 4 is 22.3 Å². The van der Waals surface area contributed by atoms with E-state index >= 15 is 0 Å². The Labute approximate surface area is 162 Å². The smallest absolute Gasteiger partial charge is 0.402 e. The van der Waals surface area contributed by atoms with E-state index in [1.54, 1.807) is 32.0 Å². The molecule has 0 spiro atoms. The summed E-state index contributed by atoms with van der Waals surface area (Å²) in [7, 11) is 0. The first-order chi connectivity index (χ1) is 13.3. The fourth-order valence-electron chi connectivity index (χ4n) is 2.95. The second kappa shape index (κ2) is 9.64. The fraction of sp³-hybridized carbons (Fsp3) is 0.450. The van der Waals surface area contributed by atoms with E-state index in [0.29, 0.717) is 24.3 Å². The number of unbranched alkanes of at least 4 members (excludes halogenated alkanes) is 3. The average molecular weight is 393 g/mol. The molecule has 0 unspecified atom stereocenters. The van der Waals surface area contributed by atoms with Crippen LogP contribution in [0.4, 0.5) is 13.2 Å². The summed E-state index contributed by atoms with van der Waals surface area (Å²) in [5, 5.41) is 0. The first-order valence-corrected chi connectivity index (χ1v) is 9.28. The lowest BCUT2D eigenvalue weighted by Gasteiger charge is -2.16. The van der Waals surface area contributed by atoms with Crippen LogP contribution in [0.15, 0.2) is 35.0 Å². The SMILES string of the molecule is CC(=NCCCCCCN)C(=C(C)N)c1nc2ccccc2nc1C(F)(F)F. The van der Waals surface area contributed by atoms with Gasteiger partial charge in [0.2, 0.25) is 0 Å². The summed E-state index contributed by atoms with van der Waals surface area (Å²) in [5.41, 5.74) is 11.5. The summed E-state index contributed by atoms with van der Waals surface area (Å²) < 4.78 is 41.0. The molecule has 0 aliphatic rings. The van der Waals surface area contributed by atoms with Crippen LogP contribution in [0.3, 0.4) is 0 Å². The second-order valence-electron chi connectivity index (χ2n) is 6.64. The molecule has 2 aromatic rings. The highest BCUT2D eigenvalue weighted by atomic mass is 19.4. The minimum absolute atomic E-state index is 0.182. The predicted octanol–water partition coefficient (Wildman–Crippen LogP) is 4.32. The van der Waals surface area contributed by atoms with Gasteiger partial charge in [0.1, 0.15) is 5.69 Å². The van der Waals surface area contributed by atoms with E-state index in [4.69, 9.17) is 11.5 Å². The third-order valence-corrected chi connectivity index (χ3v) is 4.29. The maximum atomic E-state index is 13.7. The standard InChI is InChI=1S/C20H26F3N5/c1-13(25)17(14(2)26-12-8-4-3-7-11-24)18-19(20(21,22)23)28-16-10-6-5-9-15(16)27-18/h5-6,9-10H,3-4,7-8,11-12,24-25H2,1-2H3. The van der Waals surface area contributed by atoms with Crippen LogP contribution in [0.25, 0.3) is 16.6 Å². The van der Waals surface area contributed by atoms with Gasteiger partial charge in [-0.05, 0) is 45.4 Å². The largest absolute Gasteiger partial charge is 0.435 e. The van der Waals surface area contributed by atoms with E-state index in [1.807, 2.05) is 0 Å². The number of para-hydroxylation sites is 2. The molecule has 0 radical (unpaired) electrons. The number of hydrogen-bond donors (Lipinski definition) is 2. The number of halogens is 3. The highest BCUT2D eigenvalue weighted by Gasteiger charge is 2.38. The molecule has 0 fully saturated rings. The summed E-state index contributed by atoms with van der Waals surface area (Å²) in [6, 6.07) is 6.45. The zero-order valence-corrected chi connectivity index (χ0v) is 16.2. The molecule has 28 heavy (non-hydrogen) atoms. The Morgan fingerprint density at radius 1 is 1.00 bits per heavy atom. The number of nitrogens with two attached hydrogens (primary N) is 2. The molecule has 1 heterocycles. The fourth-order valence-corrected chi connectivity index (χ4v) is 2.95. The van der Waals surface area contributed by atoms with Gasteiger partial charge in [0.15, 0.2) is 5.69 Å². The molecule has 0 saturated heterocycles. The number of fused-ring (bicyclic) bond motifs is 1. The number of aliphatic imine (C=N–C) groups is 1. The molecule has 1 aromatic heterocycles. The minimum atomic E-state index is -4.66. The van der Waals surface area contributed by atoms with Crippen LogP contribution in [-0.2, 0) is 6.18 Å². The molecule has 0 aliphatic carbocycles. The number of nitrogens with zero attached hydrogens (tertiary/aromatic N) is 3. The normalized spacial score (nSPS) is 13.7. The number of aromatic nitrogens is 2. The summed E-state index contributed by atoms with van der Waals surface area (Å²) in [5.74, 6) is 0. The lowest BCUT2D eigenvalue weighted by atomic mass is 10.0. The minimum Gasteiger partial charge on any atom is -0.402 e. The first-order valence-electron chi connectivity index (χ1n) is 9.28. The van der Waals surface area contributed by atoms with Gasteiger partial charge in [-0.25, -0.2) is 9.97 Å². The predicted molar refractivity (Wildman–Crippen MR) is 107 cm³/mol. The number of alkyl halides is 3. The van der Waals surface area contributed by atoms with Crippen LogP contribution in [0.5, 0.6) is 0 Å². The van der Waals surface area contributed by atoms with Crippen molar-refractivity contribution in [3.63, 3.8) is 0 Å². The van der Waals surface area contributed by atoms with Crippen molar-refractivity contribution < 1.29 is 13.2 Å². The van der Waals surface area contributed by atoms with Gasteiger partial charge in [-0.3, -0.25) is 4.99 Å². The number of rotatable bonds is 8. The summed E-state index contributed by atoms with van der Waals surface area (Å²) >= 11 is 0. The van der Waals surface area contributed by atoms with Gasteiger partial charge in [-0.1, -0.05) is 25.0 Å². The molecular formula is C20H26F3N5. The van der Waals surface area contributed by atoms with E-state index in [-0.39, 0.29) is 22.5 Å². The first kappa shape index (κ1) is 21.8. The van der Waals surface area contributed by atoms with Gasteiger partial charge in [0.25, 0.3) is 0 Å². The van der Waals surface area contributed by atoms with Crippen molar-refractivity contribution in [2.75, 3.05) is 13.1 Å². The Morgan fingerprint density at radius 2 is 1.61 bits per heavy atom. The molecule has 8 heteroatoms. The zero-order chi connectivity index (χ0) is 20.7. The van der Waals surface area contributed by atoms with Crippen molar-refractivity contribution in [1.82, 2.24) is 9.97 Å². The maximum Gasteiger partial charge on any atom is 0.435 e. The zero-order valence-electron chi connectivity index (χ0n) is 16.2. The molecule has 0 atom stereocenters. The lowest BCUT2D eigenvalue weighted by molar-refractivity contribution is -0.141. The second-order valence-corrected chi connectivity index (χ2v) is 6.64. The summed E-state index contributed by atoms with van der Waals surface area (Å²) in [6.07, 6.45) is -0.882. The van der Waals surface area contributed by atoms with E-state index in [9.17, 15) is 13.2 Å². The van der Waals surface area contributed by atoms with Crippen LogP contribution in [0, 0.1) is 0 Å². The monoisotopic (exact) mass is 393 g/mol. The Morgan fingerprint density at radius 3 is 2.18 bits per heavy atom. The van der Waals surface area contributed by atoms with E-state index < -0.39 is 11.9 Å². The molecule has 0 aliphatic heterocycles. The van der Waals surface area contributed by atoms with Gasteiger partial charge in [0, 0.05) is 23.5 Å². The Hall–Kier alpha value is -2.48. The Balaban J connectivity index is 2.43. The van der Waals surface area contributed by atoms with Crippen LogP contribution in [-0.4, -0.2) is 28.8 Å². The molecule has 0 saturated carbocycles. The Bertz CT molecular complexity index is 868. The number of hydrogen-bond acceptors (Lipinski definition) is 5. The van der Waals surface area contributed by atoms with Crippen molar-refractivity contribution in [2.24, 2.45) is 16.5 Å². The van der Waals surface area contributed by atoms with E-state index in [1.165, 1.54) is 6.07 Å². The average Bonchev–Trinajstić information content (AvgIpc) is 2.63. The van der Waals surface area contributed by atoms with E-state index in [2.05, 4.69) is 15.0 Å². The van der Waals surface area contributed by atoms with Crippen molar-refractivity contribution in [1.29, 1.82) is 0 Å². The third-order valence-electron chi connectivity index (χ3n) is 4.29. The number of benzene rings is 1. The van der Waals surface area contributed by atoms with E-state index in [0.717, 1.165) is 25.7 Å². The van der Waals surface area contributed by atoms with Crippen LogP contribution < -0.4 is 11.5 Å². The number of allylic oxidation sites excluding steroid dienone is 2. The van der Waals surface area contributed by atoms with Gasteiger partial charge in [0.05, 0.1) is 11.0 Å². The third kappa shape index (κ3) is 5.51. The molecule has 5 nitrogen and oxygen atoms in total. The lowest BCUT2D eigenvalue weighted by Crippen LogP contribution is -2.18. The molecule has 2 rings (SSSR count). The maximum absolute atomic E-state index is 13.7. The van der Waals surface area contributed by atoms with Crippen molar-refractivity contribution in [2.45, 2.75) is 45.7 Å². The molecule has 1 aromatic carbocycles. The molecule has 0 amide bonds. The topological polar surface area (TPSA) is 90.2 Å². The van der Waals surface area contributed by atoms with Crippen LogP contribution in [0.2, 0.25) is 0 Å². The quantitative estimate of drug-likeness (QED) is 0.516. The van der Waals surface area contributed by atoms with Gasteiger partial charge in [-0.2, -0.15) is 13.2 Å². The van der Waals surface area contributed by atoms with Crippen molar-refractivity contribution in [3.05, 3.63) is 41.4 Å². The molecule has 152 valence electrons. The Kier molecular flexibility index (Phi) is 7.51. The molecular weight excluding hydrogens is 367 g/mol. The highest BCUT2D eigenvalue weighted by molar-refractivity contribution is 6.23. The molecule has 4 N–H and O–H groups in total. The highest BCUT2D eigenvalue weighted by Crippen LogP contribution is 2.34. The van der Waals surface area contributed by atoms with Gasteiger partial charge < -0.3 is 11.5 Å². The van der Waals surface area contributed by atoms with Gasteiger partial charge in [-0.15, -0.1) is 0 Å². The molecule has 0 bridgehead atoms. The van der Waals surface area contributed by atoms with Crippen LogP contribution >= 0.6 is 0 Å². The van der Waals surface area contributed by atoms with Gasteiger partial charge >= 0.3 is 6.18 Å². The summed E-state index contributed by atoms with van der Waals surface area (Å²) in [6.45, 7) is 4.37. The van der Waals surface area contributed by atoms with Crippen LogP contribution in [0.1, 0.15) is 50.9 Å². The van der Waals surface area contributed by atoms with Crippen molar-refractivity contribution in [3.8, 4) is 0 Å².